The van der Waals surface area contributed by atoms with Crippen molar-refractivity contribution in [1.82, 2.24) is 14.8 Å². The lowest BCUT2D eigenvalue weighted by Gasteiger charge is -2.24. The van der Waals surface area contributed by atoms with Crippen LogP contribution >= 0.6 is 23.2 Å². The molecule has 0 fully saturated rings. The molecule has 0 unspecified atom stereocenters. The number of hydrogen-bond donors (Lipinski definition) is 2. The van der Waals surface area contributed by atoms with Crippen LogP contribution in [0.15, 0.2) is 54.6 Å². The van der Waals surface area contributed by atoms with E-state index in [1.165, 1.54) is 6.92 Å². The highest BCUT2D eigenvalue weighted by atomic mass is 35.5. The molecule has 1 aliphatic heterocycles. The predicted molar refractivity (Wildman–Crippen MR) is 107 cm³/mol. The third kappa shape index (κ3) is 3.54. The predicted octanol–water partition coefficient (Wildman–Crippen LogP) is 4.60. The minimum absolute atomic E-state index is 0.229. The summed E-state index contributed by atoms with van der Waals surface area (Å²) < 4.78 is 1.70. The summed E-state index contributed by atoms with van der Waals surface area (Å²) in [7, 11) is 0. The first-order valence-corrected chi connectivity index (χ1v) is 9.00. The van der Waals surface area contributed by atoms with Crippen molar-refractivity contribution in [1.29, 1.82) is 0 Å². The molecule has 0 saturated carbocycles. The molecule has 0 radical (unpaired) electrons. The molecule has 3 aromatic rings. The fourth-order valence-electron chi connectivity index (χ4n) is 2.94. The summed E-state index contributed by atoms with van der Waals surface area (Å²) in [5.41, 5.74) is 2.69. The van der Waals surface area contributed by atoms with E-state index in [9.17, 15) is 4.79 Å². The summed E-state index contributed by atoms with van der Waals surface area (Å²) in [6.07, 6.45) is 2.02. The molecular weight excluding hydrogens is 385 g/mol. The summed E-state index contributed by atoms with van der Waals surface area (Å²) in [4.78, 5) is 15.8. The molecule has 2 aromatic carbocycles. The molecule has 1 atom stereocenters. The molecular formula is C19H15Cl2N5O. The average Bonchev–Trinajstić information content (AvgIpc) is 3.03. The van der Waals surface area contributed by atoms with Crippen LogP contribution < -0.4 is 10.6 Å². The van der Waals surface area contributed by atoms with Gasteiger partial charge in [-0.2, -0.15) is 4.98 Å². The molecule has 1 amide bonds. The Morgan fingerprint density at radius 1 is 1.15 bits per heavy atom. The van der Waals surface area contributed by atoms with Crippen LogP contribution in [0, 0.1) is 0 Å². The van der Waals surface area contributed by atoms with E-state index >= 15 is 0 Å². The first-order valence-electron chi connectivity index (χ1n) is 8.24. The molecule has 0 spiro atoms. The highest BCUT2D eigenvalue weighted by molar-refractivity contribution is 6.31. The number of aromatic nitrogens is 3. The van der Waals surface area contributed by atoms with Gasteiger partial charge < -0.3 is 5.32 Å². The molecule has 2 N–H and O–H groups in total. The van der Waals surface area contributed by atoms with Crippen molar-refractivity contribution in [3.05, 3.63) is 75.8 Å². The van der Waals surface area contributed by atoms with E-state index in [1.807, 2.05) is 54.6 Å². The topological polar surface area (TPSA) is 71.8 Å². The van der Waals surface area contributed by atoms with E-state index in [1.54, 1.807) is 4.68 Å². The van der Waals surface area contributed by atoms with Gasteiger partial charge in [0, 0.05) is 22.7 Å². The summed E-state index contributed by atoms with van der Waals surface area (Å²) >= 11 is 12.4. The normalized spacial score (nSPS) is 15.5. The van der Waals surface area contributed by atoms with Gasteiger partial charge in [-0.05, 0) is 35.4 Å². The van der Waals surface area contributed by atoms with Crippen LogP contribution in [0.2, 0.25) is 10.0 Å². The van der Waals surface area contributed by atoms with Gasteiger partial charge in [-0.3, -0.25) is 10.1 Å². The number of halogens is 2. The zero-order chi connectivity index (χ0) is 19.0. The zero-order valence-corrected chi connectivity index (χ0v) is 15.8. The maximum absolute atomic E-state index is 11.4. The van der Waals surface area contributed by atoms with Gasteiger partial charge in [-0.25, -0.2) is 4.68 Å². The Morgan fingerprint density at radius 2 is 1.89 bits per heavy atom. The monoisotopic (exact) mass is 399 g/mol. The fraction of sp³-hybridized carbons (Fsp3) is 0.105. The SMILES string of the molecule is CC(=O)Nc1nc2n(n1)[C@H](c1ccccc1Cl)C=C(c1ccc(Cl)cc1)N2. The molecule has 8 heteroatoms. The van der Waals surface area contributed by atoms with E-state index in [2.05, 4.69) is 20.7 Å². The summed E-state index contributed by atoms with van der Waals surface area (Å²) in [5.74, 6) is 0.502. The molecule has 1 aliphatic rings. The van der Waals surface area contributed by atoms with Crippen LogP contribution in [0.25, 0.3) is 5.70 Å². The highest BCUT2D eigenvalue weighted by Crippen LogP contribution is 2.36. The minimum atomic E-state index is -0.282. The number of carbonyl (C=O) groups is 1. The Morgan fingerprint density at radius 3 is 2.59 bits per heavy atom. The Kier molecular flexibility index (Phi) is 4.59. The third-order valence-electron chi connectivity index (χ3n) is 4.13. The van der Waals surface area contributed by atoms with Gasteiger partial charge >= 0.3 is 0 Å². The molecule has 6 nitrogen and oxygen atoms in total. The van der Waals surface area contributed by atoms with Crippen molar-refractivity contribution < 1.29 is 4.79 Å². The number of nitrogens with one attached hydrogen (secondary N) is 2. The van der Waals surface area contributed by atoms with E-state index in [0.29, 0.717) is 16.0 Å². The summed E-state index contributed by atoms with van der Waals surface area (Å²) in [6.45, 7) is 1.41. The van der Waals surface area contributed by atoms with Gasteiger partial charge in [0.2, 0.25) is 11.9 Å². The van der Waals surface area contributed by atoms with Gasteiger partial charge in [0.1, 0.15) is 6.04 Å². The average molecular weight is 400 g/mol. The van der Waals surface area contributed by atoms with Gasteiger partial charge in [0.25, 0.3) is 5.95 Å². The maximum atomic E-state index is 11.4. The van der Waals surface area contributed by atoms with Crippen molar-refractivity contribution in [3.8, 4) is 0 Å². The smallest absolute Gasteiger partial charge is 0.250 e. The second kappa shape index (κ2) is 7.06. The van der Waals surface area contributed by atoms with E-state index in [0.717, 1.165) is 16.8 Å². The van der Waals surface area contributed by atoms with Gasteiger partial charge in [-0.1, -0.05) is 53.5 Å². The highest BCUT2D eigenvalue weighted by Gasteiger charge is 2.26. The number of rotatable bonds is 3. The van der Waals surface area contributed by atoms with Crippen LogP contribution in [-0.4, -0.2) is 20.7 Å². The van der Waals surface area contributed by atoms with Crippen molar-refractivity contribution in [2.45, 2.75) is 13.0 Å². The number of carbonyl (C=O) groups excluding carboxylic acids is 1. The van der Waals surface area contributed by atoms with Crippen LogP contribution in [0.4, 0.5) is 11.9 Å². The fourth-order valence-corrected chi connectivity index (χ4v) is 3.31. The number of benzene rings is 2. The Labute approximate surface area is 165 Å². The molecule has 0 bridgehead atoms. The summed E-state index contributed by atoms with van der Waals surface area (Å²) in [5, 5.41) is 11.6. The Bertz CT molecular complexity index is 1040. The molecule has 2 heterocycles. The number of nitrogens with zero attached hydrogens (tertiary/aromatic N) is 3. The first kappa shape index (κ1) is 17.6. The van der Waals surface area contributed by atoms with Crippen LogP contribution in [0.1, 0.15) is 24.1 Å². The first-order chi connectivity index (χ1) is 13.0. The Balaban J connectivity index is 1.82. The second-order valence-corrected chi connectivity index (χ2v) is 6.91. The van der Waals surface area contributed by atoms with Crippen molar-refractivity contribution in [2.24, 2.45) is 0 Å². The third-order valence-corrected chi connectivity index (χ3v) is 4.73. The van der Waals surface area contributed by atoms with E-state index < -0.39 is 0 Å². The Hall–Kier alpha value is -2.83. The van der Waals surface area contributed by atoms with Crippen molar-refractivity contribution >= 4 is 46.7 Å². The molecule has 136 valence electrons. The number of hydrogen-bond acceptors (Lipinski definition) is 4. The van der Waals surface area contributed by atoms with Crippen LogP contribution in [0.3, 0.4) is 0 Å². The van der Waals surface area contributed by atoms with Crippen molar-refractivity contribution in [3.63, 3.8) is 0 Å². The molecule has 4 rings (SSSR count). The quantitative estimate of drug-likeness (QED) is 0.674. The minimum Gasteiger partial charge on any atom is -0.324 e. The lowest BCUT2D eigenvalue weighted by atomic mass is 10.0. The lowest BCUT2D eigenvalue weighted by Crippen LogP contribution is -2.20. The van der Waals surface area contributed by atoms with E-state index in [-0.39, 0.29) is 17.9 Å². The largest absolute Gasteiger partial charge is 0.324 e. The number of fused-ring (bicyclic) bond motifs is 1. The molecule has 27 heavy (non-hydrogen) atoms. The summed E-state index contributed by atoms with van der Waals surface area (Å²) in [6, 6.07) is 14.8. The van der Waals surface area contributed by atoms with Crippen LogP contribution in [0.5, 0.6) is 0 Å². The molecule has 0 aliphatic carbocycles. The lowest BCUT2D eigenvalue weighted by molar-refractivity contribution is -0.114. The van der Waals surface area contributed by atoms with Crippen molar-refractivity contribution in [2.75, 3.05) is 10.6 Å². The number of anilines is 2. The number of amides is 1. The second-order valence-electron chi connectivity index (χ2n) is 6.06. The maximum Gasteiger partial charge on any atom is 0.250 e. The number of allylic oxidation sites excluding steroid dienone is 1. The zero-order valence-electron chi connectivity index (χ0n) is 14.3. The molecule has 1 aromatic heterocycles. The van der Waals surface area contributed by atoms with Gasteiger partial charge in [0.05, 0.1) is 0 Å². The van der Waals surface area contributed by atoms with Gasteiger partial charge in [-0.15, -0.1) is 5.10 Å². The van der Waals surface area contributed by atoms with E-state index in [4.69, 9.17) is 23.2 Å². The standard InChI is InChI=1S/C19H15Cl2N5O/c1-11(27)22-18-24-19-23-16(12-6-8-13(20)9-7-12)10-17(26(19)25-18)14-4-2-3-5-15(14)21/h2-10,17H,1H3,(H2,22,23,24,25,27)/t17-/m0/s1. The van der Waals surface area contributed by atoms with Crippen LogP contribution in [-0.2, 0) is 4.79 Å². The van der Waals surface area contributed by atoms with Gasteiger partial charge in [0.15, 0.2) is 0 Å². The molecule has 0 saturated heterocycles.